The van der Waals surface area contributed by atoms with Crippen molar-refractivity contribution < 1.29 is 13.9 Å². The van der Waals surface area contributed by atoms with Gasteiger partial charge in [0.2, 0.25) is 0 Å². The van der Waals surface area contributed by atoms with Crippen molar-refractivity contribution in [2.24, 2.45) is 0 Å². The minimum absolute atomic E-state index is 0.00379. The molecule has 1 aromatic heterocycles. The molecule has 0 N–H and O–H groups in total. The summed E-state index contributed by atoms with van der Waals surface area (Å²) in [6.07, 6.45) is 3.69. The number of amides is 1. The van der Waals surface area contributed by atoms with Crippen LogP contribution in [0.4, 0.5) is 0 Å². The molecule has 0 spiro atoms. The summed E-state index contributed by atoms with van der Waals surface area (Å²) in [5.74, 6) is 1.36. The molecule has 0 aliphatic carbocycles. The minimum atomic E-state index is -0.00379. The Morgan fingerprint density at radius 2 is 1.79 bits per heavy atom. The molecule has 2 heterocycles. The van der Waals surface area contributed by atoms with Gasteiger partial charge in [-0.25, -0.2) is 0 Å². The highest BCUT2D eigenvalue weighted by molar-refractivity contribution is 5.91. The van der Waals surface area contributed by atoms with Crippen molar-refractivity contribution in [2.45, 2.75) is 12.8 Å². The second-order valence-electron chi connectivity index (χ2n) is 5.98. The van der Waals surface area contributed by atoms with Gasteiger partial charge in [0.25, 0.3) is 5.91 Å². The molecule has 0 saturated carbocycles. The number of furan rings is 1. The summed E-state index contributed by atoms with van der Waals surface area (Å²) in [7, 11) is 0. The summed E-state index contributed by atoms with van der Waals surface area (Å²) < 4.78 is 10.9. The molecule has 24 heavy (non-hydrogen) atoms. The fourth-order valence-electron chi connectivity index (χ4n) is 2.87. The van der Waals surface area contributed by atoms with Gasteiger partial charge in [-0.15, -0.1) is 0 Å². The molecule has 0 unspecified atom stereocenters. The maximum atomic E-state index is 12.2. The third kappa shape index (κ3) is 4.61. The lowest BCUT2D eigenvalue weighted by Crippen LogP contribution is -2.48. The van der Waals surface area contributed by atoms with Crippen LogP contribution in [0.2, 0.25) is 0 Å². The maximum Gasteiger partial charge on any atom is 0.289 e. The van der Waals surface area contributed by atoms with Gasteiger partial charge in [0.05, 0.1) is 12.9 Å². The highest BCUT2D eigenvalue weighted by Gasteiger charge is 2.23. The van der Waals surface area contributed by atoms with Crippen LogP contribution in [0.15, 0.2) is 53.1 Å². The van der Waals surface area contributed by atoms with E-state index in [1.165, 1.54) is 0 Å². The van der Waals surface area contributed by atoms with Gasteiger partial charge in [-0.05, 0) is 43.7 Å². The lowest BCUT2D eigenvalue weighted by atomic mass is 10.2. The van der Waals surface area contributed by atoms with E-state index in [0.29, 0.717) is 5.76 Å². The molecule has 1 aromatic carbocycles. The summed E-state index contributed by atoms with van der Waals surface area (Å²) in [6.45, 7) is 5.18. The Morgan fingerprint density at radius 3 is 2.50 bits per heavy atom. The molecule has 3 rings (SSSR count). The Balaban J connectivity index is 1.29. The third-order valence-corrected chi connectivity index (χ3v) is 4.27. The van der Waals surface area contributed by atoms with Crippen LogP contribution in [0.25, 0.3) is 0 Å². The summed E-state index contributed by atoms with van der Waals surface area (Å²) in [5.41, 5.74) is 0. The number of nitrogens with zero attached hydrogens (tertiary/aromatic N) is 2. The summed E-state index contributed by atoms with van der Waals surface area (Å²) in [6, 6.07) is 13.4. The Kier molecular flexibility index (Phi) is 5.90. The molecule has 0 bridgehead atoms. The first-order valence-corrected chi connectivity index (χ1v) is 8.56. The van der Waals surface area contributed by atoms with Crippen molar-refractivity contribution in [1.82, 2.24) is 9.80 Å². The lowest BCUT2D eigenvalue weighted by Gasteiger charge is -2.34. The molecule has 1 fully saturated rings. The van der Waals surface area contributed by atoms with Crippen LogP contribution in [-0.4, -0.2) is 55.0 Å². The van der Waals surface area contributed by atoms with E-state index in [1.807, 2.05) is 35.2 Å². The summed E-state index contributed by atoms with van der Waals surface area (Å²) >= 11 is 0. The minimum Gasteiger partial charge on any atom is -0.494 e. The largest absolute Gasteiger partial charge is 0.494 e. The SMILES string of the molecule is O=C(c1ccco1)N1CCN(CCCCOc2ccccc2)CC1. The average molecular weight is 328 g/mol. The number of hydrogen-bond donors (Lipinski definition) is 0. The second kappa shape index (κ2) is 8.55. The number of benzene rings is 1. The first kappa shape index (κ1) is 16.6. The van der Waals surface area contributed by atoms with Crippen molar-refractivity contribution in [2.75, 3.05) is 39.3 Å². The topological polar surface area (TPSA) is 45.9 Å². The first-order valence-electron chi connectivity index (χ1n) is 8.56. The molecule has 1 saturated heterocycles. The van der Waals surface area contributed by atoms with E-state index in [9.17, 15) is 4.79 Å². The third-order valence-electron chi connectivity index (χ3n) is 4.27. The number of carbonyl (C=O) groups is 1. The van der Waals surface area contributed by atoms with Crippen LogP contribution in [0.1, 0.15) is 23.4 Å². The maximum absolute atomic E-state index is 12.2. The molecule has 0 radical (unpaired) electrons. The van der Waals surface area contributed by atoms with E-state index in [-0.39, 0.29) is 5.91 Å². The fourth-order valence-corrected chi connectivity index (χ4v) is 2.87. The molecule has 1 amide bonds. The highest BCUT2D eigenvalue weighted by Crippen LogP contribution is 2.11. The Labute approximate surface area is 142 Å². The quantitative estimate of drug-likeness (QED) is 0.733. The second-order valence-corrected chi connectivity index (χ2v) is 5.98. The van der Waals surface area contributed by atoms with Gasteiger partial charge >= 0.3 is 0 Å². The number of hydrogen-bond acceptors (Lipinski definition) is 4. The van der Waals surface area contributed by atoms with Crippen LogP contribution in [-0.2, 0) is 0 Å². The molecule has 1 aliphatic heterocycles. The van der Waals surface area contributed by atoms with Gasteiger partial charge in [0.1, 0.15) is 5.75 Å². The smallest absolute Gasteiger partial charge is 0.289 e. The number of unbranched alkanes of at least 4 members (excludes halogenated alkanes) is 1. The lowest BCUT2D eigenvalue weighted by molar-refractivity contribution is 0.0603. The predicted octanol–water partition coefficient (Wildman–Crippen LogP) is 2.90. The van der Waals surface area contributed by atoms with E-state index < -0.39 is 0 Å². The Morgan fingerprint density at radius 1 is 1.00 bits per heavy atom. The number of ether oxygens (including phenoxy) is 1. The molecular formula is C19H24N2O3. The zero-order valence-electron chi connectivity index (χ0n) is 13.9. The predicted molar refractivity (Wildman–Crippen MR) is 92.2 cm³/mol. The van der Waals surface area contributed by atoms with Gasteiger partial charge < -0.3 is 14.1 Å². The van der Waals surface area contributed by atoms with Crippen molar-refractivity contribution in [3.05, 3.63) is 54.5 Å². The van der Waals surface area contributed by atoms with Crippen LogP contribution >= 0.6 is 0 Å². The Bertz CT molecular complexity index is 605. The van der Waals surface area contributed by atoms with Gasteiger partial charge in [0, 0.05) is 26.2 Å². The molecule has 128 valence electrons. The zero-order chi connectivity index (χ0) is 16.6. The standard InChI is InChI=1S/C19H24N2O3/c22-19(18-9-6-16-24-18)21-13-11-20(12-14-21)10-4-5-15-23-17-7-2-1-3-8-17/h1-3,6-9,16H,4-5,10-15H2. The van der Waals surface area contributed by atoms with Crippen molar-refractivity contribution in [3.63, 3.8) is 0 Å². The van der Waals surface area contributed by atoms with E-state index >= 15 is 0 Å². The summed E-state index contributed by atoms with van der Waals surface area (Å²) in [4.78, 5) is 16.5. The number of rotatable bonds is 7. The molecule has 2 aromatic rings. The van der Waals surface area contributed by atoms with Gasteiger partial charge in [-0.3, -0.25) is 9.69 Å². The van der Waals surface area contributed by atoms with E-state index in [1.54, 1.807) is 18.4 Å². The van der Waals surface area contributed by atoms with E-state index in [2.05, 4.69) is 4.90 Å². The van der Waals surface area contributed by atoms with E-state index in [0.717, 1.165) is 57.9 Å². The number of carbonyl (C=O) groups excluding carboxylic acids is 1. The molecule has 1 aliphatic rings. The van der Waals surface area contributed by atoms with Crippen molar-refractivity contribution in [3.8, 4) is 5.75 Å². The average Bonchev–Trinajstić information content (AvgIpc) is 3.17. The summed E-state index contributed by atoms with van der Waals surface area (Å²) in [5, 5.41) is 0. The van der Waals surface area contributed by atoms with Crippen molar-refractivity contribution >= 4 is 5.91 Å². The van der Waals surface area contributed by atoms with Crippen LogP contribution in [0.3, 0.4) is 0 Å². The number of piperazine rings is 1. The molecule has 5 nitrogen and oxygen atoms in total. The fraction of sp³-hybridized carbons (Fsp3) is 0.421. The zero-order valence-corrected chi connectivity index (χ0v) is 13.9. The van der Waals surface area contributed by atoms with Gasteiger partial charge in [-0.2, -0.15) is 0 Å². The highest BCUT2D eigenvalue weighted by atomic mass is 16.5. The van der Waals surface area contributed by atoms with Gasteiger partial charge in [0.15, 0.2) is 5.76 Å². The molecule has 5 heteroatoms. The van der Waals surface area contributed by atoms with Crippen molar-refractivity contribution in [1.29, 1.82) is 0 Å². The molecular weight excluding hydrogens is 304 g/mol. The normalized spacial score (nSPS) is 15.4. The molecule has 0 atom stereocenters. The van der Waals surface area contributed by atoms with Crippen LogP contribution < -0.4 is 4.74 Å². The monoisotopic (exact) mass is 328 g/mol. The number of para-hydroxylation sites is 1. The van der Waals surface area contributed by atoms with Gasteiger partial charge in [-0.1, -0.05) is 18.2 Å². The van der Waals surface area contributed by atoms with Crippen LogP contribution in [0, 0.1) is 0 Å². The van der Waals surface area contributed by atoms with Crippen LogP contribution in [0.5, 0.6) is 5.75 Å². The first-order chi connectivity index (χ1) is 11.8. The van der Waals surface area contributed by atoms with E-state index in [4.69, 9.17) is 9.15 Å². The Hall–Kier alpha value is -2.27.